The summed E-state index contributed by atoms with van der Waals surface area (Å²) in [6, 6.07) is 1.92. The van der Waals surface area contributed by atoms with E-state index in [1.165, 1.54) is 6.42 Å². The molecule has 1 unspecified atom stereocenters. The molecular formula is C12H20N2O. The molecular weight excluding hydrogens is 188 g/mol. The molecule has 0 aromatic carbocycles. The average Bonchev–Trinajstić information content (AvgIpc) is 2.28. The van der Waals surface area contributed by atoms with Crippen LogP contribution >= 0.6 is 0 Å². The van der Waals surface area contributed by atoms with E-state index >= 15 is 0 Å². The number of hydrogen-bond donors (Lipinski definition) is 0. The van der Waals surface area contributed by atoms with Gasteiger partial charge in [-0.3, -0.25) is 4.79 Å². The van der Waals surface area contributed by atoms with Gasteiger partial charge in [0.05, 0.1) is 6.07 Å². The second-order valence-electron chi connectivity index (χ2n) is 4.44. The van der Waals surface area contributed by atoms with E-state index in [4.69, 9.17) is 5.26 Å². The minimum atomic E-state index is 0.0000940. The minimum absolute atomic E-state index is 0.0000940. The third-order valence-electron chi connectivity index (χ3n) is 3.57. The van der Waals surface area contributed by atoms with E-state index in [9.17, 15) is 4.79 Å². The van der Waals surface area contributed by atoms with Gasteiger partial charge in [0.1, 0.15) is 6.42 Å². The molecule has 0 saturated carbocycles. The fourth-order valence-electron chi connectivity index (χ4n) is 2.23. The van der Waals surface area contributed by atoms with Crippen LogP contribution in [0.25, 0.3) is 0 Å². The molecule has 0 spiro atoms. The van der Waals surface area contributed by atoms with Crippen molar-refractivity contribution in [3.05, 3.63) is 0 Å². The van der Waals surface area contributed by atoms with Gasteiger partial charge < -0.3 is 4.90 Å². The number of piperidine rings is 1. The van der Waals surface area contributed by atoms with Crippen LogP contribution in [0, 0.1) is 23.2 Å². The molecule has 3 nitrogen and oxygen atoms in total. The zero-order chi connectivity index (χ0) is 11.3. The number of carbonyl (C=O) groups excluding carboxylic acids is 1. The van der Waals surface area contributed by atoms with Crippen LogP contribution < -0.4 is 0 Å². The highest BCUT2D eigenvalue weighted by molar-refractivity contribution is 5.78. The molecule has 84 valence electrons. The summed E-state index contributed by atoms with van der Waals surface area (Å²) in [6.07, 6.45) is 3.46. The second kappa shape index (κ2) is 5.75. The third-order valence-corrected chi connectivity index (χ3v) is 3.57. The van der Waals surface area contributed by atoms with Crippen molar-refractivity contribution in [2.24, 2.45) is 11.8 Å². The van der Waals surface area contributed by atoms with Crippen molar-refractivity contribution in [1.82, 2.24) is 4.90 Å². The van der Waals surface area contributed by atoms with E-state index in [0.29, 0.717) is 0 Å². The van der Waals surface area contributed by atoms with E-state index in [0.717, 1.165) is 37.8 Å². The van der Waals surface area contributed by atoms with Gasteiger partial charge in [-0.25, -0.2) is 0 Å². The number of likely N-dealkylation sites (tertiary alicyclic amines) is 1. The van der Waals surface area contributed by atoms with Gasteiger partial charge in [0, 0.05) is 13.1 Å². The molecule has 0 aromatic heterocycles. The van der Waals surface area contributed by atoms with Crippen LogP contribution in [0.1, 0.15) is 39.5 Å². The standard InChI is InChI=1S/C12H20N2O/c1-3-10(2)11-5-8-14(9-6-11)12(15)4-7-13/h10-11H,3-6,8-9H2,1-2H3. The summed E-state index contributed by atoms with van der Waals surface area (Å²) in [5, 5.41) is 8.45. The van der Waals surface area contributed by atoms with Crippen molar-refractivity contribution in [2.45, 2.75) is 39.5 Å². The summed E-state index contributed by atoms with van der Waals surface area (Å²) in [7, 11) is 0. The van der Waals surface area contributed by atoms with Crippen molar-refractivity contribution in [1.29, 1.82) is 5.26 Å². The Balaban J connectivity index is 2.36. The van der Waals surface area contributed by atoms with Gasteiger partial charge in [-0.1, -0.05) is 20.3 Å². The minimum Gasteiger partial charge on any atom is -0.342 e. The summed E-state index contributed by atoms with van der Waals surface area (Å²) in [4.78, 5) is 13.3. The fourth-order valence-corrected chi connectivity index (χ4v) is 2.23. The largest absolute Gasteiger partial charge is 0.342 e. The van der Waals surface area contributed by atoms with Gasteiger partial charge >= 0.3 is 0 Å². The number of rotatable bonds is 3. The lowest BCUT2D eigenvalue weighted by Gasteiger charge is -2.34. The fraction of sp³-hybridized carbons (Fsp3) is 0.833. The van der Waals surface area contributed by atoms with Crippen molar-refractivity contribution in [3.8, 4) is 6.07 Å². The molecule has 1 fully saturated rings. The zero-order valence-electron chi connectivity index (χ0n) is 9.70. The summed E-state index contributed by atoms with van der Waals surface area (Å²) >= 11 is 0. The predicted octanol–water partition coefficient (Wildman–Crippen LogP) is 2.18. The number of hydrogen-bond acceptors (Lipinski definition) is 2. The Morgan fingerprint density at radius 2 is 2.13 bits per heavy atom. The Bertz CT molecular complexity index is 249. The predicted molar refractivity (Wildman–Crippen MR) is 59.0 cm³/mol. The normalized spacial score (nSPS) is 19.7. The Labute approximate surface area is 92.1 Å². The third kappa shape index (κ3) is 3.23. The van der Waals surface area contributed by atoms with Crippen LogP contribution in [0.15, 0.2) is 0 Å². The Kier molecular flexibility index (Phi) is 4.61. The summed E-state index contributed by atoms with van der Waals surface area (Å²) in [5.41, 5.74) is 0. The van der Waals surface area contributed by atoms with Crippen molar-refractivity contribution in [2.75, 3.05) is 13.1 Å². The van der Waals surface area contributed by atoms with Gasteiger partial charge in [-0.05, 0) is 24.7 Å². The number of carbonyl (C=O) groups is 1. The SMILES string of the molecule is CCC(C)C1CCN(C(=O)CC#N)CC1. The zero-order valence-corrected chi connectivity index (χ0v) is 9.70. The van der Waals surface area contributed by atoms with Gasteiger partial charge in [0.2, 0.25) is 5.91 Å². The Morgan fingerprint density at radius 1 is 1.53 bits per heavy atom. The maximum absolute atomic E-state index is 11.4. The highest BCUT2D eigenvalue weighted by Gasteiger charge is 2.25. The van der Waals surface area contributed by atoms with E-state index in [-0.39, 0.29) is 12.3 Å². The average molecular weight is 208 g/mol. The maximum Gasteiger partial charge on any atom is 0.236 e. The molecule has 3 heteroatoms. The molecule has 1 heterocycles. The second-order valence-corrected chi connectivity index (χ2v) is 4.44. The lowest BCUT2D eigenvalue weighted by Crippen LogP contribution is -2.39. The van der Waals surface area contributed by atoms with Crippen LogP contribution in [0.2, 0.25) is 0 Å². The molecule has 0 radical (unpaired) electrons. The molecule has 0 aromatic rings. The van der Waals surface area contributed by atoms with E-state index in [1.54, 1.807) is 0 Å². The van der Waals surface area contributed by atoms with Crippen molar-refractivity contribution in [3.63, 3.8) is 0 Å². The van der Waals surface area contributed by atoms with Gasteiger partial charge in [-0.2, -0.15) is 5.26 Å². The van der Waals surface area contributed by atoms with Crippen LogP contribution in [-0.2, 0) is 4.79 Å². The Hall–Kier alpha value is -1.04. The molecule has 1 amide bonds. The molecule has 1 saturated heterocycles. The van der Waals surface area contributed by atoms with Crippen LogP contribution in [0.5, 0.6) is 0 Å². The highest BCUT2D eigenvalue weighted by atomic mass is 16.2. The highest BCUT2D eigenvalue weighted by Crippen LogP contribution is 2.26. The summed E-state index contributed by atoms with van der Waals surface area (Å²) in [5.74, 6) is 1.53. The molecule has 1 atom stereocenters. The first-order valence-electron chi connectivity index (χ1n) is 5.83. The van der Waals surface area contributed by atoms with E-state index in [1.807, 2.05) is 11.0 Å². The first-order chi connectivity index (χ1) is 7.19. The first-order valence-corrected chi connectivity index (χ1v) is 5.83. The number of amides is 1. The van der Waals surface area contributed by atoms with Crippen molar-refractivity contribution < 1.29 is 4.79 Å². The molecule has 0 bridgehead atoms. The quantitative estimate of drug-likeness (QED) is 0.713. The molecule has 1 rings (SSSR count). The topological polar surface area (TPSA) is 44.1 Å². The van der Waals surface area contributed by atoms with E-state index < -0.39 is 0 Å². The molecule has 1 aliphatic rings. The van der Waals surface area contributed by atoms with Crippen LogP contribution in [0.3, 0.4) is 0 Å². The van der Waals surface area contributed by atoms with Gasteiger partial charge in [0.15, 0.2) is 0 Å². The molecule has 1 aliphatic heterocycles. The number of nitriles is 1. The van der Waals surface area contributed by atoms with Crippen LogP contribution in [0.4, 0.5) is 0 Å². The maximum atomic E-state index is 11.4. The van der Waals surface area contributed by atoms with E-state index in [2.05, 4.69) is 13.8 Å². The lowest BCUT2D eigenvalue weighted by molar-refractivity contribution is -0.131. The summed E-state index contributed by atoms with van der Waals surface area (Å²) < 4.78 is 0. The first kappa shape index (κ1) is 12.0. The lowest BCUT2D eigenvalue weighted by atomic mass is 9.84. The monoisotopic (exact) mass is 208 g/mol. The summed E-state index contributed by atoms with van der Waals surface area (Å²) in [6.45, 7) is 6.19. The number of nitrogens with zero attached hydrogens (tertiary/aromatic N) is 2. The Morgan fingerprint density at radius 3 is 2.60 bits per heavy atom. The van der Waals surface area contributed by atoms with Gasteiger partial charge in [0.25, 0.3) is 0 Å². The molecule has 15 heavy (non-hydrogen) atoms. The smallest absolute Gasteiger partial charge is 0.236 e. The van der Waals surface area contributed by atoms with Gasteiger partial charge in [-0.15, -0.1) is 0 Å². The molecule has 0 N–H and O–H groups in total. The van der Waals surface area contributed by atoms with Crippen molar-refractivity contribution >= 4 is 5.91 Å². The molecule has 0 aliphatic carbocycles. The van der Waals surface area contributed by atoms with Crippen LogP contribution in [-0.4, -0.2) is 23.9 Å².